The molecule has 192 valence electrons. The number of carbonyl (C=O) groups is 1. The Morgan fingerprint density at radius 2 is 1.86 bits per heavy atom. The first-order chi connectivity index (χ1) is 17.6. The normalized spacial score (nSPS) is 14.8. The fourth-order valence-electron chi connectivity index (χ4n) is 4.83. The van der Waals surface area contributed by atoms with E-state index in [2.05, 4.69) is 10.3 Å². The van der Waals surface area contributed by atoms with Gasteiger partial charge in [-0.05, 0) is 49.0 Å². The number of aromatic nitrogens is 3. The molecule has 4 aromatic rings. The van der Waals surface area contributed by atoms with Crippen molar-refractivity contribution in [1.82, 2.24) is 14.8 Å². The average molecular weight is 528 g/mol. The van der Waals surface area contributed by atoms with E-state index in [9.17, 15) is 28.0 Å². The van der Waals surface area contributed by atoms with Crippen molar-refractivity contribution in [2.45, 2.75) is 51.1 Å². The summed E-state index contributed by atoms with van der Waals surface area (Å²) in [5.74, 6) is -0.278. The molecule has 1 amide bonds. The van der Waals surface area contributed by atoms with Gasteiger partial charge < -0.3 is 15.4 Å². The van der Waals surface area contributed by atoms with Gasteiger partial charge in [-0.1, -0.05) is 31.4 Å². The summed E-state index contributed by atoms with van der Waals surface area (Å²) in [4.78, 5) is 17.5. The third kappa shape index (κ3) is 5.14. The molecule has 0 saturated heterocycles. The topological polar surface area (TPSA) is 100 Å². The van der Waals surface area contributed by atoms with Crippen LogP contribution in [0.1, 0.15) is 65.3 Å². The van der Waals surface area contributed by atoms with Gasteiger partial charge in [0.1, 0.15) is 10.5 Å². The lowest BCUT2D eigenvalue weighted by molar-refractivity contribution is -0.141. The lowest BCUT2D eigenvalue weighted by Gasteiger charge is -2.20. The fourth-order valence-corrected chi connectivity index (χ4v) is 5.77. The highest BCUT2D eigenvalue weighted by Crippen LogP contribution is 2.38. The molecule has 5 rings (SSSR count). The quantitative estimate of drug-likeness (QED) is 0.324. The average Bonchev–Trinajstić information content (AvgIpc) is 3.49. The first kappa shape index (κ1) is 25.4. The Hall–Kier alpha value is -3.22. The molecule has 3 aromatic heterocycles. The maximum atomic E-state index is 13.5. The maximum Gasteiger partial charge on any atom is 0.488 e. The summed E-state index contributed by atoms with van der Waals surface area (Å²) in [6.07, 6.45) is 2.15. The van der Waals surface area contributed by atoms with Crippen LogP contribution in [0.25, 0.3) is 15.9 Å². The number of anilines is 1. The number of hydrogen-bond donors (Lipinski definition) is 3. The molecule has 0 atom stereocenters. The van der Waals surface area contributed by atoms with Crippen molar-refractivity contribution >= 4 is 45.7 Å². The maximum absolute atomic E-state index is 13.5. The first-order valence-electron chi connectivity index (χ1n) is 11.9. The second-order valence-corrected chi connectivity index (χ2v) is 10.1. The number of pyridine rings is 1. The number of fused-ring (bicyclic) bond motifs is 1. The molecule has 1 fully saturated rings. The van der Waals surface area contributed by atoms with E-state index in [1.54, 1.807) is 47.4 Å². The summed E-state index contributed by atoms with van der Waals surface area (Å²) in [5, 5.41) is 28.4. The number of carbonyl (C=O) groups excluding carboxylic acids is 1. The summed E-state index contributed by atoms with van der Waals surface area (Å²) in [7, 11) is -1.59. The van der Waals surface area contributed by atoms with E-state index in [0.29, 0.717) is 39.0 Å². The van der Waals surface area contributed by atoms with E-state index in [4.69, 9.17) is 5.10 Å². The molecule has 0 aliphatic heterocycles. The summed E-state index contributed by atoms with van der Waals surface area (Å²) in [6.45, 7) is 1.57. The van der Waals surface area contributed by atoms with E-state index in [1.807, 2.05) is 0 Å². The molecule has 1 aliphatic rings. The second-order valence-electron chi connectivity index (χ2n) is 9.28. The van der Waals surface area contributed by atoms with E-state index >= 15 is 0 Å². The number of nitrogens with zero attached hydrogens (tertiary/aromatic N) is 3. The lowest BCUT2D eigenvalue weighted by Crippen LogP contribution is -2.29. The first-order valence-corrected chi connectivity index (χ1v) is 12.8. The summed E-state index contributed by atoms with van der Waals surface area (Å²) < 4.78 is 41.2. The second kappa shape index (κ2) is 9.92. The predicted molar refractivity (Wildman–Crippen MR) is 137 cm³/mol. The number of amides is 1. The molecule has 0 bridgehead atoms. The van der Waals surface area contributed by atoms with E-state index in [0.717, 1.165) is 49.5 Å². The Morgan fingerprint density at radius 3 is 2.51 bits per heavy atom. The van der Waals surface area contributed by atoms with Crippen molar-refractivity contribution < 1.29 is 28.0 Å². The van der Waals surface area contributed by atoms with Gasteiger partial charge >= 0.3 is 13.3 Å². The molecule has 37 heavy (non-hydrogen) atoms. The van der Waals surface area contributed by atoms with Crippen LogP contribution in [0, 0.1) is 6.92 Å². The van der Waals surface area contributed by atoms with Crippen LogP contribution >= 0.6 is 11.3 Å². The van der Waals surface area contributed by atoms with Crippen molar-refractivity contribution in [2.24, 2.45) is 0 Å². The number of rotatable bonds is 5. The molecule has 1 aromatic carbocycles. The molecular formula is C25H24BF3N4O3S. The molecular weight excluding hydrogens is 504 g/mol. The third-order valence-corrected chi connectivity index (χ3v) is 7.59. The number of nitrogens with one attached hydrogen (secondary N) is 1. The van der Waals surface area contributed by atoms with Crippen LogP contribution in [0.4, 0.5) is 18.9 Å². The zero-order valence-corrected chi connectivity index (χ0v) is 20.7. The number of aryl methyl sites for hydroxylation is 1. The molecule has 1 aliphatic carbocycles. The Labute approximate surface area is 215 Å². The Morgan fingerprint density at radius 1 is 1.16 bits per heavy atom. The van der Waals surface area contributed by atoms with Gasteiger partial charge in [0.2, 0.25) is 0 Å². The van der Waals surface area contributed by atoms with Crippen molar-refractivity contribution in [2.75, 3.05) is 5.32 Å². The number of benzene rings is 1. The zero-order valence-electron chi connectivity index (χ0n) is 19.9. The Bertz CT molecular complexity index is 1440. The lowest BCUT2D eigenvalue weighted by atomic mass is 9.80. The van der Waals surface area contributed by atoms with E-state index < -0.39 is 24.9 Å². The molecule has 3 N–H and O–H groups in total. The standard InChI is InChI=1S/C25H24BF3N4O3S/c1-14-11-20(25(27,28)29)31-24-21(14)19(13-37-24)30-23(34)18-12-33(17-9-7-16(8-10-17)26(35)36)32-22(18)15-5-3-2-4-6-15/h7-13,15,35-36H,2-6H2,1H3,(H,30,34). The molecule has 3 heterocycles. The van der Waals surface area contributed by atoms with Gasteiger partial charge in [-0.3, -0.25) is 4.79 Å². The molecule has 1 saturated carbocycles. The van der Waals surface area contributed by atoms with Crippen molar-refractivity contribution in [3.05, 3.63) is 64.4 Å². The highest BCUT2D eigenvalue weighted by molar-refractivity contribution is 7.17. The minimum atomic E-state index is -4.55. The predicted octanol–water partition coefficient (Wildman–Crippen LogP) is 4.79. The fraction of sp³-hybridized carbons (Fsp3) is 0.320. The number of hydrogen-bond acceptors (Lipinski definition) is 6. The van der Waals surface area contributed by atoms with Crippen LogP contribution in [0.2, 0.25) is 0 Å². The number of alkyl halides is 3. The van der Waals surface area contributed by atoms with Gasteiger partial charge in [0.05, 0.1) is 22.6 Å². The largest absolute Gasteiger partial charge is 0.488 e. The van der Waals surface area contributed by atoms with E-state index in [1.165, 1.54) is 0 Å². The van der Waals surface area contributed by atoms with E-state index in [-0.39, 0.29) is 10.7 Å². The summed E-state index contributed by atoms with van der Waals surface area (Å²) in [5.41, 5.74) is 1.89. The molecule has 12 heteroatoms. The third-order valence-electron chi connectivity index (χ3n) is 6.71. The SMILES string of the molecule is Cc1cc(C(F)(F)F)nc2scc(NC(=O)c3cn(-c4ccc(B(O)O)cc4)nc3C3CCCCC3)c12. The van der Waals surface area contributed by atoms with Crippen LogP contribution in [-0.4, -0.2) is 37.8 Å². The number of thiophene rings is 1. The van der Waals surface area contributed by atoms with Gasteiger partial charge in [0.25, 0.3) is 5.91 Å². The van der Waals surface area contributed by atoms with Crippen molar-refractivity contribution in [3.8, 4) is 5.69 Å². The number of halogens is 3. The highest BCUT2D eigenvalue weighted by Gasteiger charge is 2.34. The van der Waals surface area contributed by atoms with Crippen LogP contribution in [-0.2, 0) is 6.18 Å². The van der Waals surface area contributed by atoms with Crippen LogP contribution in [0.3, 0.4) is 0 Å². The van der Waals surface area contributed by atoms with Crippen molar-refractivity contribution in [3.63, 3.8) is 0 Å². The zero-order chi connectivity index (χ0) is 26.3. The van der Waals surface area contributed by atoms with Crippen LogP contribution < -0.4 is 10.8 Å². The van der Waals surface area contributed by atoms with Gasteiger partial charge in [0, 0.05) is 22.9 Å². The van der Waals surface area contributed by atoms with Gasteiger partial charge in [-0.25, -0.2) is 9.67 Å². The van der Waals surface area contributed by atoms with Gasteiger partial charge in [-0.2, -0.15) is 18.3 Å². The van der Waals surface area contributed by atoms with Gasteiger partial charge in [-0.15, -0.1) is 11.3 Å². The highest BCUT2D eigenvalue weighted by atomic mass is 32.1. The summed E-state index contributed by atoms with van der Waals surface area (Å²) in [6, 6.07) is 7.51. The molecule has 0 unspecified atom stereocenters. The van der Waals surface area contributed by atoms with Crippen LogP contribution in [0.15, 0.2) is 41.9 Å². The molecule has 7 nitrogen and oxygen atoms in total. The van der Waals surface area contributed by atoms with Crippen LogP contribution in [0.5, 0.6) is 0 Å². The minimum absolute atomic E-state index is 0.117. The Kier molecular flexibility index (Phi) is 6.82. The molecule has 0 spiro atoms. The van der Waals surface area contributed by atoms with Crippen molar-refractivity contribution in [1.29, 1.82) is 0 Å². The summed E-state index contributed by atoms with van der Waals surface area (Å²) >= 11 is 1.05. The minimum Gasteiger partial charge on any atom is -0.423 e. The Balaban J connectivity index is 1.50. The van der Waals surface area contributed by atoms with Gasteiger partial charge in [0.15, 0.2) is 0 Å². The molecule has 0 radical (unpaired) electrons. The monoisotopic (exact) mass is 528 g/mol. The smallest absolute Gasteiger partial charge is 0.423 e.